The van der Waals surface area contributed by atoms with Crippen LogP contribution in [0.15, 0.2) is 36.4 Å². The summed E-state index contributed by atoms with van der Waals surface area (Å²) in [6.07, 6.45) is 0. The van der Waals surface area contributed by atoms with Crippen LogP contribution >= 0.6 is 0 Å². The Morgan fingerprint density at radius 1 is 1.16 bits per heavy atom. The van der Waals surface area contributed by atoms with Gasteiger partial charge in [0.25, 0.3) is 0 Å². The summed E-state index contributed by atoms with van der Waals surface area (Å²) in [5.74, 6) is -0.00176. The highest BCUT2D eigenvalue weighted by Crippen LogP contribution is 2.21. The van der Waals surface area contributed by atoms with Gasteiger partial charge in [0.15, 0.2) is 11.6 Å². The van der Waals surface area contributed by atoms with Gasteiger partial charge in [-0.25, -0.2) is 4.39 Å². The SMILES string of the molecule is CC(C)NCc1ccc(Oc2ccccc2F)nn1. The van der Waals surface area contributed by atoms with Crippen molar-refractivity contribution in [2.45, 2.75) is 26.4 Å². The molecule has 1 heterocycles. The van der Waals surface area contributed by atoms with E-state index < -0.39 is 5.82 Å². The maximum atomic E-state index is 13.4. The quantitative estimate of drug-likeness (QED) is 0.899. The van der Waals surface area contributed by atoms with Crippen molar-refractivity contribution in [1.82, 2.24) is 15.5 Å². The molecule has 19 heavy (non-hydrogen) atoms. The van der Waals surface area contributed by atoms with Crippen LogP contribution in [0.4, 0.5) is 4.39 Å². The van der Waals surface area contributed by atoms with Gasteiger partial charge in [0.2, 0.25) is 5.88 Å². The van der Waals surface area contributed by atoms with E-state index in [2.05, 4.69) is 29.4 Å². The minimum atomic E-state index is -0.421. The molecule has 0 saturated carbocycles. The van der Waals surface area contributed by atoms with Gasteiger partial charge in [-0.2, -0.15) is 5.10 Å². The molecule has 0 spiro atoms. The van der Waals surface area contributed by atoms with Gasteiger partial charge < -0.3 is 10.1 Å². The van der Waals surface area contributed by atoms with Gasteiger partial charge in [-0.05, 0) is 18.2 Å². The zero-order chi connectivity index (χ0) is 13.7. The van der Waals surface area contributed by atoms with Gasteiger partial charge in [-0.15, -0.1) is 5.10 Å². The number of para-hydroxylation sites is 1. The molecule has 0 aliphatic rings. The molecule has 0 saturated heterocycles. The number of rotatable bonds is 5. The molecule has 0 atom stereocenters. The van der Waals surface area contributed by atoms with Crippen molar-refractivity contribution in [2.75, 3.05) is 0 Å². The summed E-state index contributed by atoms with van der Waals surface area (Å²) < 4.78 is 18.7. The molecular weight excluding hydrogens is 245 g/mol. The highest BCUT2D eigenvalue weighted by atomic mass is 19.1. The number of benzene rings is 1. The van der Waals surface area contributed by atoms with Gasteiger partial charge in [0.1, 0.15) is 0 Å². The fourth-order valence-electron chi connectivity index (χ4n) is 1.45. The van der Waals surface area contributed by atoms with Crippen molar-refractivity contribution in [3.63, 3.8) is 0 Å². The first kappa shape index (κ1) is 13.4. The van der Waals surface area contributed by atoms with Crippen LogP contribution < -0.4 is 10.1 Å². The maximum absolute atomic E-state index is 13.4. The van der Waals surface area contributed by atoms with E-state index in [0.717, 1.165) is 5.69 Å². The fraction of sp³-hybridized carbons (Fsp3) is 0.286. The number of aromatic nitrogens is 2. The normalized spacial score (nSPS) is 10.7. The Morgan fingerprint density at radius 3 is 2.58 bits per heavy atom. The molecule has 0 radical (unpaired) electrons. The van der Waals surface area contributed by atoms with Crippen LogP contribution in [-0.4, -0.2) is 16.2 Å². The first-order valence-corrected chi connectivity index (χ1v) is 6.13. The highest BCUT2D eigenvalue weighted by Gasteiger charge is 2.05. The second kappa shape index (κ2) is 6.24. The standard InChI is InChI=1S/C14H16FN3O/c1-10(2)16-9-11-7-8-14(18-17-11)19-13-6-4-3-5-12(13)15/h3-8,10,16H,9H2,1-2H3. The summed E-state index contributed by atoms with van der Waals surface area (Å²) in [7, 11) is 0. The predicted octanol–water partition coefficient (Wildman–Crippen LogP) is 2.91. The van der Waals surface area contributed by atoms with Crippen LogP contribution in [0.5, 0.6) is 11.6 Å². The summed E-state index contributed by atoms with van der Waals surface area (Å²) in [5, 5.41) is 11.2. The zero-order valence-electron chi connectivity index (χ0n) is 10.9. The van der Waals surface area contributed by atoms with Crippen molar-refractivity contribution in [1.29, 1.82) is 0 Å². The lowest BCUT2D eigenvalue weighted by molar-refractivity contribution is 0.420. The number of nitrogens with zero attached hydrogens (tertiary/aromatic N) is 2. The van der Waals surface area contributed by atoms with Gasteiger partial charge >= 0.3 is 0 Å². The Bertz CT molecular complexity index is 528. The third-order valence-corrected chi connectivity index (χ3v) is 2.44. The van der Waals surface area contributed by atoms with Crippen LogP contribution in [-0.2, 0) is 6.54 Å². The Balaban J connectivity index is 2.01. The molecule has 1 aromatic heterocycles. The van der Waals surface area contributed by atoms with E-state index in [0.29, 0.717) is 12.6 Å². The Kier molecular flexibility index (Phi) is 4.41. The summed E-state index contributed by atoms with van der Waals surface area (Å²) in [6, 6.07) is 10.1. The first-order chi connectivity index (χ1) is 9.15. The zero-order valence-corrected chi connectivity index (χ0v) is 10.9. The smallest absolute Gasteiger partial charge is 0.239 e. The third-order valence-electron chi connectivity index (χ3n) is 2.44. The number of hydrogen-bond donors (Lipinski definition) is 1. The van der Waals surface area contributed by atoms with Crippen molar-refractivity contribution in [3.05, 3.63) is 47.9 Å². The first-order valence-electron chi connectivity index (χ1n) is 6.13. The molecule has 4 nitrogen and oxygen atoms in total. The molecular formula is C14H16FN3O. The lowest BCUT2D eigenvalue weighted by Gasteiger charge is -2.08. The number of nitrogens with one attached hydrogen (secondary N) is 1. The lowest BCUT2D eigenvalue weighted by atomic mass is 10.3. The molecule has 2 rings (SSSR count). The Hall–Kier alpha value is -2.01. The number of halogens is 1. The molecule has 1 N–H and O–H groups in total. The molecule has 0 aliphatic heterocycles. The third kappa shape index (κ3) is 3.99. The highest BCUT2D eigenvalue weighted by molar-refractivity contribution is 5.28. The van der Waals surface area contributed by atoms with Gasteiger partial charge in [-0.3, -0.25) is 0 Å². The van der Waals surface area contributed by atoms with E-state index in [1.54, 1.807) is 30.3 Å². The topological polar surface area (TPSA) is 47.0 Å². The molecule has 0 aliphatic carbocycles. The van der Waals surface area contributed by atoms with E-state index in [9.17, 15) is 4.39 Å². The molecule has 1 aromatic carbocycles. The summed E-state index contributed by atoms with van der Waals surface area (Å²) in [4.78, 5) is 0. The minimum absolute atomic E-state index is 0.143. The van der Waals surface area contributed by atoms with Crippen LogP contribution in [0, 0.1) is 5.82 Å². The molecule has 0 bridgehead atoms. The van der Waals surface area contributed by atoms with Crippen molar-refractivity contribution in [2.24, 2.45) is 0 Å². The second-order valence-electron chi connectivity index (χ2n) is 4.43. The molecule has 0 unspecified atom stereocenters. The van der Waals surface area contributed by atoms with Crippen molar-refractivity contribution >= 4 is 0 Å². The average molecular weight is 261 g/mol. The predicted molar refractivity (Wildman–Crippen MR) is 70.5 cm³/mol. The van der Waals surface area contributed by atoms with Crippen LogP contribution in [0.3, 0.4) is 0 Å². The number of hydrogen-bond acceptors (Lipinski definition) is 4. The Labute approximate surface area is 111 Å². The van der Waals surface area contributed by atoms with E-state index in [-0.39, 0.29) is 11.6 Å². The maximum Gasteiger partial charge on any atom is 0.239 e. The van der Waals surface area contributed by atoms with Crippen LogP contribution in [0.25, 0.3) is 0 Å². The van der Waals surface area contributed by atoms with Gasteiger partial charge in [0.05, 0.1) is 5.69 Å². The average Bonchev–Trinajstić information content (AvgIpc) is 2.40. The molecule has 2 aromatic rings. The molecule has 100 valence electrons. The largest absolute Gasteiger partial charge is 0.434 e. The summed E-state index contributed by atoms with van der Waals surface area (Å²) >= 11 is 0. The molecule has 0 fully saturated rings. The molecule has 5 heteroatoms. The number of ether oxygens (including phenoxy) is 1. The minimum Gasteiger partial charge on any atom is -0.434 e. The lowest BCUT2D eigenvalue weighted by Crippen LogP contribution is -2.22. The van der Waals surface area contributed by atoms with Crippen molar-refractivity contribution < 1.29 is 9.13 Å². The van der Waals surface area contributed by atoms with Gasteiger partial charge in [0, 0.05) is 18.7 Å². The van der Waals surface area contributed by atoms with Crippen LogP contribution in [0.1, 0.15) is 19.5 Å². The van der Waals surface area contributed by atoms with E-state index in [1.807, 2.05) is 0 Å². The second-order valence-corrected chi connectivity index (χ2v) is 4.43. The van der Waals surface area contributed by atoms with E-state index in [1.165, 1.54) is 6.07 Å². The fourth-order valence-corrected chi connectivity index (χ4v) is 1.45. The summed E-state index contributed by atoms with van der Waals surface area (Å²) in [6.45, 7) is 4.76. The Morgan fingerprint density at radius 2 is 1.95 bits per heavy atom. The monoisotopic (exact) mass is 261 g/mol. The van der Waals surface area contributed by atoms with E-state index in [4.69, 9.17) is 4.74 Å². The summed E-state index contributed by atoms with van der Waals surface area (Å²) in [5.41, 5.74) is 0.814. The van der Waals surface area contributed by atoms with E-state index >= 15 is 0 Å². The van der Waals surface area contributed by atoms with Crippen molar-refractivity contribution in [3.8, 4) is 11.6 Å². The van der Waals surface area contributed by atoms with Crippen LogP contribution in [0.2, 0.25) is 0 Å². The van der Waals surface area contributed by atoms with Gasteiger partial charge in [-0.1, -0.05) is 26.0 Å². The molecule has 0 amide bonds.